The van der Waals surface area contributed by atoms with Crippen molar-refractivity contribution in [2.45, 2.75) is 43.4 Å². The van der Waals surface area contributed by atoms with Gasteiger partial charge in [-0.15, -0.1) is 0 Å². The van der Waals surface area contributed by atoms with Crippen molar-refractivity contribution in [3.63, 3.8) is 0 Å². The zero-order valence-corrected chi connectivity index (χ0v) is 10.7. The molecular weight excluding hydrogens is 204 g/mol. The first kappa shape index (κ1) is 11.7. The van der Waals surface area contributed by atoms with Gasteiger partial charge in [-0.3, -0.25) is 0 Å². The van der Waals surface area contributed by atoms with E-state index in [0.717, 1.165) is 11.3 Å². The molecule has 1 N–H and O–H groups in total. The van der Waals surface area contributed by atoms with Crippen LogP contribution in [0.4, 0.5) is 0 Å². The van der Waals surface area contributed by atoms with Gasteiger partial charge in [0, 0.05) is 17.8 Å². The first-order valence-corrected chi connectivity index (χ1v) is 7.43. The normalized spacial score (nSPS) is 30.6. The zero-order chi connectivity index (χ0) is 10.5. The maximum atomic E-state index is 3.76. The van der Waals surface area contributed by atoms with Gasteiger partial charge in [0.25, 0.3) is 0 Å². The van der Waals surface area contributed by atoms with Gasteiger partial charge < -0.3 is 10.2 Å². The Kier molecular flexibility index (Phi) is 4.79. The van der Waals surface area contributed by atoms with Crippen molar-refractivity contribution >= 4 is 11.8 Å². The Balaban J connectivity index is 1.60. The molecule has 2 saturated heterocycles. The highest BCUT2D eigenvalue weighted by molar-refractivity contribution is 7.99. The second-order valence-electron chi connectivity index (χ2n) is 4.97. The van der Waals surface area contributed by atoms with E-state index in [0.29, 0.717) is 0 Å². The van der Waals surface area contributed by atoms with Gasteiger partial charge in [-0.2, -0.15) is 11.8 Å². The molecule has 2 heterocycles. The van der Waals surface area contributed by atoms with Crippen molar-refractivity contribution in [2.75, 3.05) is 32.4 Å². The van der Waals surface area contributed by atoms with Crippen LogP contribution in [0, 0.1) is 0 Å². The molecule has 0 spiro atoms. The van der Waals surface area contributed by atoms with Crippen molar-refractivity contribution in [3.8, 4) is 0 Å². The fourth-order valence-corrected chi connectivity index (χ4v) is 3.73. The summed E-state index contributed by atoms with van der Waals surface area (Å²) in [5.74, 6) is 1.39. The molecule has 0 amide bonds. The van der Waals surface area contributed by atoms with Crippen LogP contribution in [0.1, 0.15) is 32.1 Å². The molecule has 2 aliphatic rings. The number of piperidine rings is 1. The lowest BCUT2D eigenvalue weighted by Gasteiger charge is -2.31. The lowest BCUT2D eigenvalue weighted by molar-refractivity contribution is 0.235. The number of likely N-dealkylation sites (tertiary alicyclic amines) is 1. The molecule has 0 saturated carbocycles. The van der Waals surface area contributed by atoms with E-state index in [1.807, 2.05) is 0 Å². The maximum Gasteiger partial charge on any atom is 0.0172 e. The number of hydrogen-bond donors (Lipinski definition) is 1. The largest absolute Gasteiger partial charge is 0.313 e. The van der Waals surface area contributed by atoms with Crippen LogP contribution in [-0.2, 0) is 0 Å². The first-order valence-electron chi connectivity index (χ1n) is 6.38. The Bertz CT molecular complexity index is 172. The maximum absolute atomic E-state index is 3.76. The van der Waals surface area contributed by atoms with E-state index in [2.05, 4.69) is 29.0 Å². The van der Waals surface area contributed by atoms with Crippen molar-refractivity contribution in [2.24, 2.45) is 0 Å². The van der Waals surface area contributed by atoms with E-state index >= 15 is 0 Å². The monoisotopic (exact) mass is 228 g/mol. The van der Waals surface area contributed by atoms with Crippen molar-refractivity contribution < 1.29 is 0 Å². The predicted octanol–water partition coefficient (Wildman–Crippen LogP) is 1.96. The lowest BCUT2D eigenvalue weighted by Crippen LogP contribution is -2.43. The molecule has 88 valence electrons. The molecule has 0 bridgehead atoms. The molecule has 2 aliphatic heterocycles. The summed E-state index contributed by atoms with van der Waals surface area (Å²) < 4.78 is 0. The van der Waals surface area contributed by atoms with Crippen molar-refractivity contribution in [1.29, 1.82) is 0 Å². The smallest absolute Gasteiger partial charge is 0.0172 e. The molecular formula is C12H24N2S. The number of nitrogens with zero attached hydrogens (tertiary/aromatic N) is 1. The molecule has 15 heavy (non-hydrogen) atoms. The van der Waals surface area contributed by atoms with Gasteiger partial charge in [-0.05, 0) is 51.6 Å². The minimum atomic E-state index is 0.795. The SMILES string of the molecule is CN1CCC(NCC2CCCCS2)CC1. The predicted molar refractivity (Wildman–Crippen MR) is 68.6 cm³/mol. The molecule has 2 nitrogen and oxygen atoms in total. The Labute approximate surface area is 98.2 Å². The molecule has 0 aromatic carbocycles. The molecule has 0 radical (unpaired) electrons. The van der Waals surface area contributed by atoms with Crippen LogP contribution in [0.15, 0.2) is 0 Å². The molecule has 2 rings (SSSR count). The average Bonchev–Trinajstić information content (AvgIpc) is 2.30. The summed E-state index contributed by atoms with van der Waals surface area (Å²) in [6, 6.07) is 0.795. The standard InChI is InChI=1S/C12H24N2S/c1-14-7-5-11(6-8-14)13-10-12-4-2-3-9-15-12/h11-13H,2-10H2,1H3. The van der Waals surface area contributed by atoms with Gasteiger partial charge in [0.15, 0.2) is 0 Å². The Morgan fingerprint density at radius 1 is 1.20 bits per heavy atom. The van der Waals surface area contributed by atoms with E-state index in [4.69, 9.17) is 0 Å². The minimum absolute atomic E-state index is 0.795. The van der Waals surface area contributed by atoms with E-state index in [-0.39, 0.29) is 0 Å². The van der Waals surface area contributed by atoms with Gasteiger partial charge in [-0.1, -0.05) is 6.42 Å². The van der Waals surface area contributed by atoms with Crippen LogP contribution >= 0.6 is 11.8 Å². The second kappa shape index (κ2) is 6.12. The summed E-state index contributed by atoms with van der Waals surface area (Å²) in [4.78, 5) is 2.44. The lowest BCUT2D eigenvalue weighted by atomic mass is 10.1. The van der Waals surface area contributed by atoms with Crippen LogP contribution < -0.4 is 5.32 Å². The number of thioether (sulfide) groups is 1. The van der Waals surface area contributed by atoms with E-state index in [9.17, 15) is 0 Å². The number of rotatable bonds is 3. The van der Waals surface area contributed by atoms with E-state index < -0.39 is 0 Å². The second-order valence-corrected chi connectivity index (χ2v) is 6.38. The van der Waals surface area contributed by atoms with Gasteiger partial charge in [-0.25, -0.2) is 0 Å². The Hall–Kier alpha value is 0.270. The molecule has 1 unspecified atom stereocenters. The Morgan fingerprint density at radius 3 is 2.67 bits per heavy atom. The van der Waals surface area contributed by atoms with Crippen LogP contribution in [0.25, 0.3) is 0 Å². The molecule has 2 fully saturated rings. The highest BCUT2D eigenvalue weighted by Crippen LogP contribution is 2.24. The zero-order valence-electron chi connectivity index (χ0n) is 9.87. The van der Waals surface area contributed by atoms with Crippen LogP contribution in [0.3, 0.4) is 0 Å². The topological polar surface area (TPSA) is 15.3 Å². The van der Waals surface area contributed by atoms with Gasteiger partial charge in [0.2, 0.25) is 0 Å². The highest BCUT2D eigenvalue weighted by atomic mass is 32.2. The van der Waals surface area contributed by atoms with Gasteiger partial charge in [0.05, 0.1) is 0 Å². The molecule has 0 aliphatic carbocycles. The van der Waals surface area contributed by atoms with Gasteiger partial charge >= 0.3 is 0 Å². The van der Waals surface area contributed by atoms with Crippen LogP contribution in [0.5, 0.6) is 0 Å². The number of nitrogens with one attached hydrogen (secondary N) is 1. The highest BCUT2D eigenvalue weighted by Gasteiger charge is 2.19. The fraction of sp³-hybridized carbons (Fsp3) is 1.00. The minimum Gasteiger partial charge on any atom is -0.313 e. The summed E-state index contributed by atoms with van der Waals surface area (Å²) in [7, 11) is 2.23. The quantitative estimate of drug-likeness (QED) is 0.795. The van der Waals surface area contributed by atoms with Crippen molar-refractivity contribution in [3.05, 3.63) is 0 Å². The average molecular weight is 228 g/mol. The first-order chi connectivity index (χ1) is 7.34. The summed E-state index contributed by atoms with van der Waals surface area (Å²) >= 11 is 2.18. The molecule has 1 atom stereocenters. The van der Waals surface area contributed by atoms with E-state index in [1.165, 1.54) is 57.5 Å². The number of hydrogen-bond acceptors (Lipinski definition) is 3. The summed E-state index contributed by atoms with van der Waals surface area (Å²) in [5, 5.41) is 4.67. The summed E-state index contributed by atoms with van der Waals surface area (Å²) in [5.41, 5.74) is 0. The third-order valence-electron chi connectivity index (χ3n) is 3.63. The summed E-state index contributed by atoms with van der Waals surface area (Å²) in [6.45, 7) is 3.80. The van der Waals surface area contributed by atoms with Crippen LogP contribution in [-0.4, -0.2) is 48.6 Å². The van der Waals surface area contributed by atoms with E-state index in [1.54, 1.807) is 0 Å². The third kappa shape index (κ3) is 3.97. The molecule has 0 aromatic heterocycles. The summed E-state index contributed by atoms with van der Waals surface area (Å²) in [6.07, 6.45) is 7.01. The third-order valence-corrected chi connectivity index (χ3v) is 5.02. The van der Waals surface area contributed by atoms with Gasteiger partial charge in [0.1, 0.15) is 0 Å². The molecule has 0 aromatic rings. The fourth-order valence-electron chi connectivity index (χ4n) is 2.48. The Morgan fingerprint density at radius 2 is 2.00 bits per heavy atom. The van der Waals surface area contributed by atoms with Crippen LogP contribution in [0.2, 0.25) is 0 Å². The van der Waals surface area contributed by atoms with Crippen molar-refractivity contribution in [1.82, 2.24) is 10.2 Å². The molecule has 3 heteroatoms.